The molecule has 0 aromatic heterocycles. The van der Waals surface area contributed by atoms with Gasteiger partial charge >= 0.3 is 0 Å². The van der Waals surface area contributed by atoms with E-state index in [-0.39, 0.29) is 10.8 Å². The Bertz CT molecular complexity index is 414. The topological polar surface area (TPSA) is 12.4 Å². The van der Waals surface area contributed by atoms with Gasteiger partial charge in [-0.05, 0) is 37.7 Å². The molecule has 1 rings (SSSR count). The molecule has 0 aromatic carbocycles. The van der Waals surface area contributed by atoms with Crippen molar-refractivity contribution in [3.8, 4) is 0 Å². The fourth-order valence-corrected chi connectivity index (χ4v) is 2.30. The third-order valence-corrected chi connectivity index (χ3v) is 3.59. The third kappa shape index (κ3) is 4.33. The van der Waals surface area contributed by atoms with Crippen molar-refractivity contribution < 1.29 is 0 Å². The van der Waals surface area contributed by atoms with Crippen molar-refractivity contribution in [1.82, 2.24) is 0 Å². The summed E-state index contributed by atoms with van der Waals surface area (Å²) < 4.78 is 0. The molecule has 0 bridgehead atoms. The Kier molecular flexibility index (Phi) is 4.49. The molecule has 1 heteroatoms. The van der Waals surface area contributed by atoms with Gasteiger partial charge in [0.05, 0.1) is 0 Å². The molecule has 1 fully saturated rings. The Balaban J connectivity index is 3.23. The number of aliphatic imine (C=N–C) groups is 1. The quantitative estimate of drug-likeness (QED) is 0.571. The van der Waals surface area contributed by atoms with Gasteiger partial charge in [-0.15, -0.1) is 0 Å². The van der Waals surface area contributed by atoms with Crippen molar-refractivity contribution in [2.24, 2.45) is 21.7 Å². The fraction of sp³-hybridized carbons (Fsp3) is 0.722. The lowest BCUT2D eigenvalue weighted by Crippen LogP contribution is -2.20. The maximum Gasteiger partial charge on any atom is 0.0469 e. The van der Waals surface area contributed by atoms with Crippen molar-refractivity contribution >= 4 is 5.71 Å². The highest BCUT2D eigenvalue weighted by Gasteiger charge is 2.34. The molecule has 0 radical (unpaired) electrons. The molecule has 0 saturated heterocycles. The first-order valence-electron chi connectivity index (χ1n) is 7.41. The lowest BCUT2D eigenvalue weighted by atomic mass is 9.82. The first-order valence-corrected chi connectivity index (χ1v) is 7.41. The smallest absolute Gasteiger partial charge is 0.0469 e. The van der Waals surface area contributed by atoms with Crippen molar-refractivity contribution in [3.63, 3.8) is 0 Å². The average Bonchev–Trinajstić information content (AvgIpc) is 2.97. The second-order valence-corrected chi connectivity index (χ2v) is 8.10. The minimum Gasteiger partial charge on any atom is -0.257 e. The van der Waals surface area contributed by atoms with Gasteiger partial charge in [-0.3, -0.25) is 4.99 Å². The summed E-state index contributed by atoms with van der Waals surface area (Å²) in [5, 5.41) is 0. The summed E-state index contributed by atoms with van der Waals surface area (Å²) in [6, 6.07) is 0. The van der Waals surface area contributed by atoms with Crippen LogP contribution in [0, 0.1) is 16.7 Å². The number of rotatable bonds is 3. The minimum atomic E-state index is 0.0944. The Morgan fingerprint density at radius 3 is 1.68 bits per heavy atom. The summed E-state index contributed by atoms with van der Waals surface area (Å²) in [5.74, 6) is 0.642. The van der Waals surface area contributed by atoms with Crippen LogP contribution in [0.4, 0.5) is 0 Å². The van der Waals surface area contributed by atoms with Gasteiger partial charge in [-0.1, -0.05) is 53.7 Å². The number of hydrogen-bond donors (Lipinski definition) is 0. The van der Waals surface area contributed by atoms with E-state index < -0.39 is 0 Å². The molecule has 108 valence electrons. The first kappa shape index (κ1) is 16.2. The Labute approximate surface area is 119 Å². The van der Waals surface area contributed by atoms with E-state index in [1.54, 1.807) is 0 Å². The van der Waals surface area contributed by atoms with Gasteiger partial charge in [0, 0.05) is 22.7 Å². The van der Waals surface area contributed by atoms with Crippen LogP contribution in [0.15, 0.2) is 28.4 Å². The third-order valence-electron chi connectivity index (χ3n) is 3.59. The molecule has 0 atom stereocenters. The Hall–Kier alpha value is -0.850. The molecule has 0 heterocycles. The van der Waals surface area contributed by atoms with E-state index in [4.69, 9.17) is 4.99 Å². The molecule has 1 aliphatic carbocycles. The van der Waals surface area contributed by atoms with Gasteiger partial charge in [0.25, 0.3) is 0 Å². The number of nitrogens with zero attached hydrogens (tertiary/aromatic N) is 1. The van der Waals surface area contributed by atoms with Crippen LogP contribution in [-0.2, 0) is 0 Å². The molecular formula is C18H31N. The summed E-state index contributed by atoms with van der Waals surface area (Å²) in [6.45, 7) is 22.1. The highest BCUT2D eigenvalue weighted by molar-refractivity contribution is 6.04. The normalized spacial score (nSPS) is 17.4. The Morgan fingerprint density at radius 2 is 1.42 bits per heavy atom. The predicted molar refractivity (Wildman–Crippen MR) is 86.6 cm³/mol. The van der Waals surface area contributed by atoms with E-state index in [0.29, 0.717) is 5.92 Å². The lowest BCUT2D eigenvalue weighted by Gasteiger charge is -2.27. The zero-order valence-corrected chi connectivity index (χ0v) is 14.1. The second-order valence-electron chi connectivity index (χ2n) is 8.10. The van der Waals surface area contributed by atoms with Gasteiger partial charge in [0.1, 0.15) is 0 Å². The van der Waals surface area contributed by atoms with Crippen molar-refractivity contribution in [1.29, 1.82) is 0 Å². The van der Waals surface area contributed by atoms with Crippen molar-refractivity contribution in [2.45, 2.75) is 68.2 Å². The van der Waals surface area contributed by atoms with E-state index >= 15 is 0 Å². The molecule has 0 spiro atoms. The molecule has 0 amide bonds. The molecule has 1 aliphatic rings. The standard InChI is InChI=1S/C18H31N/c1-12(2)16(18(7,8)9)19-15(14-10-11-14)13(3)17(4,5)6/h14H,3,10-11H2,1-2,4-9H3/b19-15+. The lowest BCUT2D eigenvalue weighted by molar-refractivity contribution is 0.490. The van der Waals surface area contributed by atoms with Crippen molar-refractivity contribution in [2.75, 3.05) is 0 Å². The summed E-state index contributed by atoms with van der Waals surface area (Å²) in [7, 11) is 0. The van der Waals surface area contributed by atoms with Crippen LogP contribution < -0.4 is 0 Å². The average molecular weight is 261 g/mol. The van der Waals surface area contributed by atoms with Crippen LogP contribution in [0.3, 0.4) is 0 Å². The van der Waals surface area contributed by atoms with Crippen LogP contribution in [0.1, 0.15) is 68.2 Å². The second kappa shape index (κ2) is 5.26. The molecule has 19 heavy (non-hydrogen) atoms. The van der Waals surface area contributed by atoms with Gasteiger partial charge in [-0.2, -0.15) is 0 Å². The first-order chi connectivity index (χ1) is 8.44. The predicted octanol–water partition coefficient (Wildman–Crippen LogP) is 5.78. The van der Waals surface area contributed by atoms with Gasteiger partial charge in [-0.25, -0.2) is 0 Å². The summed E-state index contributed by atoms with van der Waals surface area (Å²) in [5.41, 5.74) is 5.19. The molecule has 0 aliphatic heterocycles. The zero-order chi connectivity index (χ0) is 15.0. The molecule has 0 aromatic rings. The minimum absolute atomic E-state index is 0.0944. The van der Waals surface area contributed by atoms with Crippen LogP contribution in [0.2, 0.25) is 0 Å². The van der Waals surface area contributed by atoms with Crippen LogP contribution >= 0.6 is 0 Å². The van der Waals surface area contributed by atoms with E-state index in [1.807, 2.05) is 0 Å². The van der Waals surface area contributed by atoms with Crippen LogP contribution in [-0.4, -0.2) is 5.71 Å². The zero-order valence-electron chi connectivity index (χ0n) is 14.1. The Morgan fingerprint density at radius 1 is 0.947 bits per heavy atom. The molecule has 1 nitrogen and oxygen atoms in total. The van der Waals surface area contributed by atoms with Gasteiger partial charge < -0.3 is 0 Å². The van der Waals surface area contributed by atoms with Gasteiger partial charge in [0.15, 0.2) is 0 Å². The van der Waals surface area contributed by atoms with E-state index in [2.05, 4.69) is 62.0 Å². The van der Waals surface area contributed by atoms with E-state index in [9.17, 15) is 0 Å². The number of hydrogen-bond acceptors (Lipinski definition) is 1. The maximum absolute atomic E-state index is 5.07. The fourth-order valence-electron chi connectivity index (χ4n) is 2.30. The van der Waals surface area contributed by atoms with Crippen LogP contribution in [0.5, 0.6) is 0 Å². The highest BCUT2D eigenvalue weighted by atomic mass is 14.8. The van der Waals surface area contributed by atoms with Gasteiger partial charge in [0.2, 0.25) is 0 Å². The molecule has 0 unspecified atom stereocenters. The van der Waals surface area contributed by atoms with E-state index in [0.717, 1.165) is 0 Å². The summed E-state index contributed by atoms with van der Waals surface area (Å²) in [4.78, 5) is 5.07. The molecule has 1 saturated carbocycles. The monoisotopic (exact) mass is 261 g/mol. The summed E-state index contributed by atoms with van der Waals surface area (Å²) in [6.07, 6.45) is 2.54. The SMILES string of the molecule is C=C(/C(=N\C(=C(C)C)C(C)(C)C)C1CC1)C(C)(C)C. The highest BCUT2D eigenvalue weighted by Crippen LogP contribution is 2.40. The van der Waals surface area contributed by atoms with Crippen LogP contribution in [0.25, 0.3) is 0 Å². The molecular weight excluding hydrogens is 230 g/mol. The maximum atomic E-state index is 5.07. The largest absolute Gasteiger partial charge is 0.257 e. The number of allylic oxidation sites excluding steroid dienone is 3. The van der Waals surface area contributed by atoms with Crippen molar-refractivity contribution in [3.05, 3.63) is 23.4 Å². The molecule has 0 N–H and O–H groups in total. The van der Waals surface area contributed by atoms with E-state index in [1.165, 1.54) is 35.4 Å². The summed E-state index contributed by atoms with van der Waals surface area (Å²) >= 11 is 0.